The monoisotopic (exact) mass is 370 g/mol. The summed E-state index contributed by atoms with van der Waals surface area (Å²) in [5.41, 5.74) is 2.87. The van der Waals surface area contributed by atoms with Crippen molar-refractivity contribution < 1.29 is 4.43 Å². The van der Waals surface area contributed by atoms with Gasteiger partial charge in [0, 0.05) is 6.10 Å². The van der Waals surface area contributed by atoms with Crippen LogP contribution in [-0.4, -0.2) is 22.5 Å². The fourth-order valence-corrected chi connectivity index (χ4v) is 20.4. The summed E-state index contributed by atoms with van der Waals surface area (Å²) in [7, 11) is -3.13. The third kappa shape index (κ3) is 3.46. The number of rotatable bonds is 6. The van der Waals surface area contributed by atoms with E-state index < -0.39 is 16.4 Å². The highest BCUT2D eigenvalue weighted by Gasteiger charge is 2.70. The van der Waals surface area contributed by atoms with Gasteiger partial charge >= 0.3 is 0 Å². The quantitative estimate of drug-likeness (QED) is 0.430. The summed E-state index contributed by atoms with van der Waals surface area (Å²) in [5.74, 6) is 0. The van der Waals surface area contributed by atoms with Crippen LogP contribution >= 0.6 is 0 Å². The van der Waals surface area contributed by atoms with Crippen LogP contribution in [0.1, 0.15) is 90.0 Å². The highest BCUT2D eigenvalue weighted by atomic mass is 28.4. The van der Waals surface area contributed by atoms with Gasteiger partial charge in [0.2, 0.25) is 8.32 Å². The van der Waals surface area contributed by atoms with Crippen molar-refractivity contribution in [3.8, 4) is 0 Å². The second kappa shape index (κ2) is 6.85. The second-order valence-electron chi connectivity index (χ2n) is 11.4. The molecule has 0 aromatic rings. The maximum atomic E-state index is 7.17. The summed E-state index contributed by atoms with van der Waals surface area (Å²) < 4.78 is 7.17. The van der Waals surface area contributed by atoms with Gasteiger partial charge in [-0.25, -0.2) is 0 Å². The molecule has 0 aromatic carbocycles. The molecular weight excluding hydrogens is 324 g/mol. The van der Waals surface area contributed by atoms with Crippen LogP contribution in [0.2, 0.25) is 38.3 Å². The topological polar surface area (TPSA) is 9.23 Å². The molecule has 1 rings (SSSR count). The van der Waals surface area contributed by atoms with Crippen molar-refractivity contribution in [3.05, 3.63) is 0 Å². The summed E-state index contributed by atoms with van der Waals surface area (Å²) in [4.78, 5) is 0. The standard InChI is InChI=1S/C21H46OSi2/c1-15(2)24(16(3)4,17(5)6)22-18(7)19-14-23(19,20(8,9)10)21(11,12)13/h15-19H,14H2,1-13H3/t18-,19+/m0/s1. The first kappa shape index (κ1) is 22.4. The van der Waals surface area contributed by atoms with E-state index >= 15 is 0 Å². The van der Waals surface area contributed by atoms with Crippen LogP contribution in [-0.2, 0) is 4.43 Å². The van der Waals surface area contributed by atoms with Crippen molar-refractivity contribution >= 4 is 16.4 Å². The fourth-order valence-electron chi connectivity index (χ4n) is 6.52. The minimum absolute atomic E-state index is 0.439. The fraction of sp³-hybridized carbons (Fsp3) is 1.00. The smallest absolute Gasteiger partial charge is 0.200 e. The van der Waals surface area contributed by atoms with E-state index in [1.54, 1.807) is 0 Å². The third-order valence-corrected chi connectivity index (χ3v) is 21.4. The molecule has 0 aromatic heterocycles. The molecular formula is C21H46OSi2. The molecule has 1 aliphatic heterocycles. The van der Waals surface area contributed by atoms with E-state index in [-0.39, 0.29) is 0 Å². The van der Waals surface area contributed by atoms with Crippen molar-refractivity contribution in [1.82, 2.24) is 0 Å². The lowest BCUT2D eigenvalue weighted by atomic mass is 10.2. The van der Waals surface area contributed by atoms with Gasteiger partial charge in [0.25, 0.3) is 0 Å². The zero-order chi connectivity index (χ0) is 19.3. The Morgan fingerprint density at radius 3 is 1.29 bits per heavy atom. The molecule has 1 heterocycles. The molecule has 2 atom stereocenters. The molecule has 1 fully saturated rings. The van der Waals surface area contributed by atoms with Crippen LogP contribution in [0.5, 0.6) is 0 Å². The largest absolute Gasteiger partial charge is 0.413 e. The molecule has 3 heteroatoms. The van der Waals surface area contributed by atoms with E-state index in [4.69, 9.17) is 4.43 Å². The Morgan fingerprint density at radius 1 is 0.750 bits per heavy atom. The Balaban J connectivity index is 3.14. The average molecular weight is 371 g/mol. The normalized spacial score (nSPS) is 23.2. The van der Waals surface area contributed by atoms with Crippen LogP contribution in [0.4, 0.5) is 0 Å². The first-order valence-electron chi connectivity index (χ1n) is 10.2. The molecule has 0 unspecified atom stereocenters. The van der Waals surface area contributed by atoms with Crippen molar-refractivity contribution in [1.29, 1.82) is 0 Å². The van der Waals surface area contributed by atoms with E-state index in [1.165, 1.54) is 6.04 Å². The predicted octanol–water partition coefficient (Wildman–Crippen LogP) is 8.00. The SMILES string of the molecule is CC(C)[Si](O[C@@H](C)[C@H]1C[Si]1(C(C)(C)C)C(C)(C)C)(C(C)C)C(C)C. The molecule has 0 radical (unpaired) electrons. The molecule has 0 amide bonds. The Kier molecular flexibility index (Phi) is 6.40. The van der Waals surface area contributed by atoms with Gasteiger partial charge in [-0.15, -0.1) is 0 Å². The summed E-state index contributed by atoms with van der Waals surface area (Å²) in [6.45, 7) is 31.8. The molecule has 1 saturated heterocycles. The van der Waals surface area contributed by atoms with Gasteiger partial charge in [0.15, 0.2) is 0 Å². The molecule has 0 N–H and O–H groups in total. The molecule has 1 aliphatic rings. The second-order valence-corrected chi connectivity index (χ2v) is 22.9. The molecule has 0 saturated carbocycles. The van der Waals surface area contributed by atoms with E-state index in [0.717, 1.165) is 5.54 Å². The molecule has 0 aliphatic carbocycles. The van der Waals surface area contributed by atoms with Crippen LogP contribution < -0.4 is 0 Å². The van der Waals surface area contributed by atoms with Crippen molar-refractivity contribution in [2.24, 2.45) is 0 Å². The van der Waals surface area contributed by atoms with E-state index in [0.29, 0.717) is 32.8 Å². The van der Waals surface area contributed by atoms with Crippen molar-refractivity contribution in [2.45, 2.75) is 134 Å². The maximum Gasteiger partial charge on any atom is 0.200 e. The first-order chi connectivity index (χ1) is 10.6. The van der Waals surface area contributed by atoms with Gasteiger partial charge in [-0.2, -0.15) is 0 Å². The molecule has 1 nitrogen and oxygen atoms in total. The summed E-state index contributed by atoms with van der Waals surface area (Å²) in [6, 6.07) is 1.46. The predicted molar refractivity (Wildman–Crippen MR) is 115 cm³/mol. The van der Waals surface area contributed by atoms with E-state index in [1.807, 2.05) is 0 Å². The minimum atomic E-state index is -1.77. The van der Waals surface area contributed by atoms with Crippen LogP contribution in [0.3, 0.4) is 0 Å². The third-order valence-electron chi connectivity index (χ3n) is 7.36. The highest BCUT2D eigenvalue weighted by molar-refractivity contribution is 6.96. The average Bonchev–Trinajstić information content (AvgIpc) is 3.09. The highest BCUT2D eigenvalue weighted by Crippen LogP contribution is 2.73. The van der Waals surface area contributed by atoms with Gasteiger partial charge < -0.3 is 4.43 Å². The number of hydrogen-bond donors (Lipinski definition) is 0. The molecule has 0 bridgehead atoms. The van der Waals surface area contributed by atoms with Gasteiger partial charge in [0.1, 0.15) is 0 Å². The molecule has 144 valence electrons. The van der Waals surface area contributed by atoms with E-state index in [2.05, 4.69) is 90.0 Å². The molecule has 0 spiro atoms. The number of hydrogen-bond acceptors (Lipinski definition) is 1. The lowest BCUT2D eigenvalue weighted by molar-refractivity contribution is 0.194. The Labute approximate surface area is 155 Å². The van der Waals surface area contributed by atoms with Gasteiger partial charge in [-0.05, 0) is 39.2 Å². The zero-order valence-corrected chi connectivity index (χ0v) is 21.0. The minimum Gasteiger partial charge on any atom is -0.413 e. The van der Waals surface area contributed by atoms with Crippen LogP contribution in [0.25, 0.3) is 0 Å². The van der Waals surface area contributed by atoms with Crippen molar-refractivity contribution in [2.75, 3.05) is 0 Å². The van der Waals surface area contributed by atoms with E-state index in [9.17, 15) is 0 Å². The van der Waals surface area contributed by atoms with Gasteiger partial charge in [0.05, 0.1) is 8.07 Å². The molecule has 24 heavy (non-hydrogen) atoms. The van der Waals surface area contributed by atoms with Gasteiger partial charge in [-0.3, -0.25) is 0 Å². The first-order valence-corrected chi connectivity index (χ1v) is 14.7. The lowest BCUT2D eigenvalue weighted by Crippen LogP contribution is -2.51. The maximum absolute atomic E-state index is 7.17. The van der Waals surface area contributed by atoms with Crippen LogP contribution in [0.15, 0.2) is 0 Å². The van der Waals surface area contributed by atoms with Crippen LogP contribution in [0, 0.1) is 0 Å². The summed E-state index contributed by atoms with van der Waals surface area (Å²) >= 11 is 0. The Bertz CT molecular complexity index is 390. The Morgan fingerprint density at radius 2 is 1.08 bits per heavy atom. The zero-order valence-electron chi connectivity index (χ0n) is 19.0. The summed E-state index contributed by atoms with van der Waals surface area (Å²) in [5, 5.41) is 0.927. The lowest BCUT2D eigenvalue weighted by Gasteiger charge is -2.46. The van der Waals surface area contributed by atoms with Gasteiger partial charge in [-0.1, -0.05) is 89.1 Å². The summed E-state index contributed by atoms with van der Waals surface area (Å²) in [6.07, 6.45) is 0.439. The van der Waals surface area contributed by atoms with Crippen molar-refractivity contribution in [3.63, 3.8) is 0 Å². The Hall–Kier alpha value is 0.394.